The average Bonchev–Trinajstić information content (AvgIpc) is 3.17. The molecule has 336 valence electrons. The molecule has 0 radical (unpaired) electrons. The van der Waals surface area contributed by atoms with Crippen LogP contribution in [-0.2, 0) is 28.7 Å². The molecule has 0 aromatic rings. The predicted octanol–water partition coefficient (Wildman–Crippen LogP) is 14.9. The van der Waals surface area contributed by atoms with Gasteiger partial charge in [0.25, 0.3) is 0 Å². The number of rotatable bonds is 44. The van der Waals surface area contributed by atoms with E-state index < -0.39 is 41.5 Å². The van der Waals surface area contributed by atoms with E-state index in [-0.39, 0.29) is 25.7 Å². The van der Waals surface area contributed by atoms with Crippen molar-refractivity contribution >= 4 is 23.9 Å². The SMILES string of the molecule is CCCCCCCCCCCCCCCCCC(=O)OC(C)C(CCCCCCC(=O)O)(C(=O)O)C(C)OC(=O)CCCCCCCCCCCCCCCCC. The molecule has 0 heterocycles. The number of hydrogen-bond donors (Lipinski definition) is 2. The Morgan fingerprint density at radius 1 is 0.386 bits per heavy atom. The van der Waals surface area contributed by atoms with Crippen LogP contribution in [0.1, 0.15) is 272 Å². The van der Waals surface area contributed by atoms with Crippen molar-refractivity contribution in [1.82, 2.24) is 0 Å². The molecular formula is C49H92O8. The smallest absolute Gasteiger partial charge is 0.317 e. The number of carboxylic acid groups (broad SMARTS) is 2. The van der Waals surface area contributed by atoms with Crippen LogP contribution in [0.2, 0.25) is 0 Å². The molecule has 0 aliphatic carbocycles. The van der Waals surface area contributed by atoms with Crippen molar-refractivity contribution in [2.75, 3.05) is 0 Å². The van der Waals surface area contributed by atoms with Crippen molar-refractivity contribution in [2.45, 2.75) is 284 Å². The van der Waals surface area contributed by atoms with E-state index in [2.05, 4.69) is 13.8 Å². The van der Waals surface area contributed by atoms with Crippen LogP contribution in [0, 0.1) is 5.41 Å². The summed E-state index contributed by atoms with van der Waals surface area (Å²) in [5.41, 5.74) is -1.60. The van der Waals surface area contributed by atoms with Crippen LogP contribution in [0.25, 0.3) is 0 Å². The zero-order chi connectivity index (χ0) is 42.2. The number of carboxylic acids is 2. The van der Waals surface area contributed by atoms with E-state index in [0.717, 1.165) is 25.7 Å². The Balaban J connectivity index is 4.67. The van der Waals surface area contributed by atoms with Gasteiger partial charge in [-0.2, -0.15) is 0 Å². The van der Waals surface area contributed by atoms with Crippen molar-refractivity contribution in [3.05, 3.63) is 0 Å². The van der Waals surface area contributed by atoms with Crippen LogP contribution in [0.5, 0.6) is 0 Å². The van der Waals surface area contributed by atoms with Crippen molar-refractivity contribution in [1.29, 1.82) is 0 Å². The molecule has 2 N–H and O–H groups in total. The third kappa shape index (κ3) is 31.5. The molecule has 0 saturated heterocycles. The molecule has 57 heavy (non-hydrogen) atoms. The maximum atomic E-state index is 13.0. The summed E-state index contributed by atoms with van der Waals surface area (Å²) in [6.45, 7) is 7.74. The zero-order valence-electron chi connectivity index (χ0n) is 37.9. The minimum Gasteiger partial charge on any atom is -0.481 e. The first-order valence-corrected chi connectivity index (χ1v) is 24.5. The average molecular weight is 809 g/mol. The molecule has 0 bridgehead atoms. The van der Waals surface area contributed by atoms with Gasteiger partial charge in [-0.25, -0.2) is 0 Å². The van der Waals surface area contributed by atoms with Gasteiger partial charge < -0.3 is 19.7 Å². The van der Waals surface area contributed by atoms with Gasteiger partial charge in [0.2, 0.25) is 0 Å². The number of carbonyl (C=O) groups excluding carboxylic acids is 2. The molecule has 2 atom stereocenters. The number of esters is 2. The summed E-state index contributed by atoms with van der Waals surface area (Å²) < 4.78 is 11.6. The number of ether oxygens (including phenoxy) is 2. The summed E-state index contributed by atoms with van der Waals surface area (Å²) in [5.74, 6) is -2.83. The molecule has 2 unspecified atom stereocenters. The molecule has 0 saturated carbocycles. The lowest BCUT2D eigenvalue weighted by Gasteiger charge is -2.39. The minimum atomic E-state index is -1.60. The molecule has 0 spiro atoms. The Hall–Kier alpha value is -2.12. The molecule has 0 aromatic carbocycles. The molecular weight excluding hydrogens is 717 g/mol. The molecule has 8 nitrogen and oxygen atoms in total. The van der Waals surface area contributed by atoms with Crippen molar-refractivity contribution in [3.8, 4) is 0 Å². The van der Waals surface area contributed by atoms with Gasteiger partial charge in [-0.3, -0.25) is 19.2 Å². The molecule has 8 heteroatoms. The minimum absolute atomic E-state index is 0.0741. The Morgan fingerprint density at radius 3 is 0.895 bits per heavy atom. The maximum absolute atomic E-state index is 13.0. The van der Waals surface area contributed by atoms with Crippen LogP contribution in [0.4, 0.5) is 0 Å². The van der Waals surface area contributed by atoms with Gasteiger partial charge in [0.1, 0.15) is 17.6 Å². The van der Waals surface area contributed by atoms with E-state index in [9.17, 15) is 24.3 Å². The van der Waals surface area contributed by atoms with Crippen LogP contribution in [0.3, 0.4) is 0 Å². The van der Waals surface area contributed by atoms with Crippen molar-refractivity contribution in [3.63, 3.8) is 0 Å². The number of unbranched alkanes of at least 4 members (excludes halogenated alkanes) is 31. The molecule has 0 fully saturated rings. The third-order valence-corrected chi connectivity index (χ3v) is 12.2. The fourth-order valence-electron chi connectivity index (χ4n) is 8.24. The van der Waals surface area contributed by atoms with Gasteiger partial charge in [0, 0.05) is 19.3 Å². The second-order valence-electron chi connectivity index (χ2n) is 17.3. The monoisotopic (exact) mass is 809 g/mol. The summed E-state index contributed by atoms with van der Waals surface area (Å²) >= 11 is 0. The Labute approximate surface area is 351 Å². The van der Waals surface area contributed by atoms with E-state index in [4.69, 9.17) is 14.6 Å². The Bertz CT molecular complexity index is 911. The van der Waals surface area contributed by atoms with E-state index in [1.54, 1.807) is 13.8 Å². The van der Waals surface area contributed by atoms with Crippen LogP contribution in [0.15, 0.2) is 0 Å². The normalized spacial score (nSPS) is 13.5. The molecule has 0 aromatic heterocycles. The Kier molecular flexibility index (Phi) is 37.9. The molecule has 0 aliphatic heterocycles. The lowest BCUT2D eigenvalue weighted by molar-refractivity contribution is -0.187. The highest BCUT2D eigenvalue weighted by atomic mass is 16.6. The summed E-state index contributed by atoms with van der Waals surface area (Å²) in [4.78, 5) is 49.9. The topological polar surface area (TPSA) is 127 Å². The first-order valence-electron chi connectivity index (χ1n) is 24.5. The largest absolute Gasteiger partial charge is 0.481 e. The highest BCUT2D eigenvalue weighted by Crippen LogP contribution is 2.38. The number of carbonyl (C=O) groups is 4. The van der Waals surface area contributed by atoms with Crippen molar-refractivity contribution < 1.29 is 38.9 Å². The van der Waals surface area contributed by atoms with E-state index in [0.29, 0.717) is 38.5 Å². The van der Waals surface area contributed by atoms with Gasteiger partial charge in [-0.1, -0.05) is 213 Å². The summed E-state index contributed by atoms with van der Waals surface area (Å²) in [6, 6.07) is 0. The molecule has 0 rings (SSSR count). The van der Waals surface area contributed by atoms with E-state index >= 15 is 0 Å². The van der Waals surface area contributed by atoms with Crippen LogP contribution < -0.4 is 0 Å². The summed E-state index contributed by atoms with van der Waals surface area (Å²) in [7, 11) is 0. The van der Waals surface area contributed by atoms with Gasteiger partial charge >= 0.3 is 23.9 Å². The van der Waals surface area contributed by atoms with Crippen molar-refractivity contribution in [2.24, 2.45) is 5.41 Å². The summed E-state index contributed by atoms with van der Waals surface area (Å²) in [5, 5.41) is 19.6. The second kappa shape index (κ2) is 39.3. The quantitative estimate of drug-likeness (QED) is 0.0460. The zero-order valence-corrected chi connectivity index (χ0v) is 37.9. The standard InChI is InChI=1S/C49H92O8/c1-5-7-9-11-13-15-17-19-21-23-25-27-29-31-36-40-46(52)56-43(3)49(48(54)55,42-38-34-33-35-39-45(50)51)44(4)57-47(53)41-37-32-30-28-26-24-22-20-18-16-14-12-10-8-6-2/h43-44H,5-42H2,1-4H3,(H,50,51)(H,54,55). The fourth-order valence-corrected chi connectivity index (χ4v) is 8.24. The first-order chi connectivity index (χ1) is 27.6. The lowest BCUT2D eigenvalue weighted by Crippen LogP contribution is -2.52. The highest BCUT2D eigenvalue weighted by molar-refractivity contribution is 5.78. The number of aliphatic carboxylic acids is 2. The van der Waals surface area contributed by atoms with Gasteiger partial charge in [-0.15, -0.1) is 0 Å². The van der Waals surface area contributed by atoms with Gasteiger partial charge in [-0.05, 0) is 39.5 Å². The lowest BCUT2D eigenvalue weighted by atomic mass is 9.73. The number of hydrogen-bond acceptors (Lipinski definition) is 6. The second-order valence-corrected chi connectivity index (χ2v) is 17.3. The first kappa shape index (κ1) is 54.9. The molecule has 0 aliphatic rings. The third-order valence-electron chi connectivity index (χ3n) is 12.2. The van der Waals surface area contributed by atoms with E-state index in [1.165, 1.54) is 154 Å². The fraction of sp³-hybridized carbons (Fsp3) is 0.918. The molecule has 0 amide bonds. The van der Waals surface area contributed by atoms with E-state index in [1.807, 2.05) is 0 Å². The Morgan fingerprint density at radius 2 is 0.632 bits per heavy atom. The van der Waals surface area contributed by atoms with Gasteiger partial charge in [0.15, 0.2) is 0 Å². The predicted molar refractivity (Wildman–Crippen MR) is 236 cm³/mol. The highest BCUT2D eigenvalue weighted by Gasteiger charge is 2.52. The van der Waals surface area contributed by atoms with Crippen LogP contribution >= 0.6 is 0 Å². The summed E-state index contributed by atoms with van der Waals surface area (Å²) in [6.07, 6.45) is 38.1. The van der Waals surface area contributed by atoms with Gasteiger partial charge in [0.05, 0.1) is 0 Å². The maximum Gasteiger partial charge on any atom is 0.317 e. The van der Waals surface area contributed by atoms with Crippen LogP contribution in [-0.4, -0.2) is 46.3 Å².